The molecule has 0 bridgehead atoms. The van der Waals surface area contributed by atoms with Crippen molar-refractivity contribution in [2.75, 3.05) is 0 Å². The normalized spacial score (nSPS) is 52.0. The standard InChI is InChI=1S/C29H48O/c1-25(2)14-10-19-11-16-28(6)21(20(19)18-25)8-9-23-27(5)15-13-24(30)26(3,4)22(27)12-17-29(23,28)7/h21-24,30H,8-18H2,1-7H3/t21?,22-,23+,24-,27-,28+,29+/m0/s1. The molecule has 5 aliphatic carbocycles. The third kappa shape index (κ3) is 2.63. The van der Waals surface area contributed by atoms with Crippen LogP contribution in [0.15, 0.2) is 11.1 Å². The minimum Gasteiger partial charge on any atom is -0.393 e. The van der Waals surface area contributed by atoms with Crippen LogP contribution in [-0.2, 0) is 0 Å². The number of hydrogen-bond acceptors (Lipinski definition) is 1. The van der Waals surface area contributed by atoms with Crippen molar-refractivity contribution in [2.24, 2.45) is 44.8 Å². The number of aliphatic hydroxyl groups is 1. The van der Waals surface area contributed by atoms with Crippen LogP contribution in [0.25, 0.3) is 0 Å². The maximum Gasteiger partial charge on any atom is 0.0594 e. The second-order valence-corrected chi connectivity index (χ2v) is 14.5. The molecule has 5 rings (SSSR count). The first-order valence-corrected chi connectivity index (χ1v) is 13.2. The lowest BCUT2D eigenvalue weighted by molar-refractivity contribution is -0.224. The lowest BCUT2D eigenvalue weighted by atomic mass is 9.33. The van der Waals surface area contributed by atoms with Gasteiger partial charge in [0.2, 0.25) is 0 Å². The quantitative estimate of drug-likeness (QED) is 0.401. The van der Waals surface area contributed by atoms with Crippen LogP contribution in [0.3, 0.4) is 0 Å². The van der Waals surface area contributed by atoms with Crippen LogP contribution in [0.2, 0.25) is 0 Å². The highest BCUT2D eigenvalue weighted by Crippen LogP contribution is 2.75. The van der Waals surface area contributed by atoms with Crippen molar-refractivity contribution in [1.82, 2.24) is 0 Å². The Morgan fingerprint density at radius 3 is 2.13 bits per heavy atom. The Morgan fingerprint density at radius 1 is 0.700 bits per heavy atom. The van der Waals surface area contributed by atoms with Crippen molar-refractivity contribution in [2.45, 2.75) is 125 Å². The molecule has 0 aromatic rings. The van der Waals surface area contributed by atoms with Gasteiger partial charge >= 0.3 is 0 Å². The van der Waals surface area contributed by atoms with E-state index < -0.39 is 0 Å². The predicted molar refractivity (Wildman–Crippen MR) is 126 cm³/mol. The van der Waals surface area contributed by atoms with Crippen molar-refractivity contribution in [3.05, 3.63) is 11.1 Å². The molecule has 170 valence electrons. The highest BCUT2D eigenvalue weighted by molar-refractivity contribution is 5.31. The molecule has 1 N–H and O–H groups in total. The van der Waals surface area contributed by atoms with Gasteiger partial charge in [-0.05, 0) is 115 Å². The van der Waals surface area contributed by atoms with Crippen LogP contribution < -0.4 is 0 Å². The fourth-order valence-corrected chi connectivity index (χ4v) is 10.4. The van der Waals surface area contributed by atoms with E-state index in [4.69, 9.17) is 0 Å². The van der Waals surface area contributed by atoms with E-state index in [0.29, 0.717) is 27.6 Å². The molecule has 0 radical (unpaired) electrons. The Balaban J connectivity index is 1.53. The van der Waals surface area contributed by atoms with Gasteiger partial charge in [0.25, 0.3) is 0 Å². The Labute approximate surface area is 186 Å². The van der Waals surface area contributed by atoms with Crippen LogP contribution in [0, 0.1) is 44.8 Å². The first-order valence-electron chi connectivity index (χ1n) is 13.2. The number of allylic oxidation sites excluding steroid dienone is 2. The Kier molecular flexibility index (Phi) is 4.59. The zero-order valence-electron chi connectivity index (χ0n) is 21.0. The predicted octanol–water partition coefficient (Wildman–Crippen LogP) is 7.92. The van der Waals surface area contributed by atoms with E-state index in [1.165, 1.54) is 64.2 Å². The van der Waals surface area contributed by atoms with Crippen LogP contribution in [-0.4, -0.2) is 11.2 Å². The van der Waals surface area contributed by atoms with E-state index in [-0.39, 0.29) is 11.5 Å². The highest BCUT2D eigenvalue weighted by Gasteiger charge is 2.67. The highest BCUT2D eigenvalue weighted by atomic mass is 16.3. The maximum absolute atomic E-state index is 10.9. The molecule has 1 nitrogen and oxygen atoms in total. The lowest BCUT2D eigenvalue weighted by Crippen LogP contribution is -2.64. The van der Waals surface area contributed by atoms with Gasteiger partial charge in [-0.15, -0.1) is 0 Å². The van der Waals surface area contributed by atoms with Crippen molar-refractivity contribution >= 4 is 0 Å². The largest absolute Gasteiger partial charge is 0.393 e. The first kappa shape index (κ1) is 21.5. The maximum atomic E-state index is 10.9. The summed E-state index contributed by atoms with van der Waals surface area (Å²) in [5.74, 6) is 2.35. The zero-order chi connectivity index (χ0) is 21.7. The summed E-state index contributed by atoms with van der Waals surface area (Å²) in [6, 6.07) is 0. The van der Waals surface area contributed by atoms with Gasteiger partial charge in [-0.1, -0.05) is 59.6 Å². The molecule has 0 aliphatic heterocycles. The first-order chi connectivity index (χ1) is 13.9. The molecule has 1 unspecified atom stereocenters. The third-order valence-corrected chi connectivity index (χ3v) is 12.4. The van der Waals surface area contributed by atoms with E-state index in [9.17, 15) is 5.11 Å². The molecular weight excluding hydrogens is 364 g/mol. The van der Waals surface area contributed by atoms with Gasteiger partial charge in [0, 0.05) is 0 Å². The summed E-state index contributed by atoms with van der Waals surface area (Å²) in [4.78, 5) is 0. The van der Waals surface area contributed by atoms with Gasteiger partial charge in [-0.3, -0.25) is 0 Å². The number of aliphatic hydroxyl groups excluding tert-OH is 1. The van der Waals surface area contributed by atoms with E-state index in [2.05, 4.69) is 48.5 Å². The second kappa shape index (κ2) is 6.39. The summed E-state index contributed by atoms with van der Waals surface area (Å²) in [6.45, 7) is 17.9. The average Bonchev–Trinajstić information content (AvgIpc) is 2.65. The second-order valence-electron chi connectivity index (χ2n) is 14.5. The Bertz CT molecular complexity index is 758. The fourth-order valence-electron chi connectivity index (χ4n) is 10.4. The molecule has 0 aromatic heterocycles. The van der Waals surface area contributed by atoms with Crippen molar-refractivity contribution in [1.29, 1.82) is 0 Å². The average molecular weight is 413 g/mol. The minimum atomic E-state index is -0.112. The van der Waals surface area contributed by atoms with E-state index in [0.717, 1.165) is 18.3 Å². The zero-order valence-corrected chi connectivity index (χ0v) is 21.0. The molecular formula is C29H48O. The third-order valence-electron chi connectivity index (χ3n) is 12.4. The Hall–Kier alpha value is -0.300. The number of hydrogen-bond donors (Lipinski definition) is 1. The van der Waals surface area contributed by atoms with Gasteiger partial charge < -0.3 is 5.11 Å². The van der Waals surface area contributed by atoms with Gasteiger partial charge in [0.1, 0.15) is 0 Å². The molecule has 0 aromatic carbocycles. The van der Waals surface area contributed by atoms with E-state index in [1.807, 2.05) is 11.1 Å². The molecule has 3 fully saturated rings. The summed E-state index contributed by atoms with van der Waals surface area (Å²) >= 11 is 0. The number of rotatable bonds is 0. The smallest absolute Gasteiger partial charge is 0.0594 e. The molecule has 5 aliphatic rings. The summed E-state index contributed by atoms with van der Waals surface area (Å²) in [5.41, 5.74) is 5.70. The summed E-state index contributed by atoms with van der Waals surface area (Å²) in [6.07, 6.45) is 14.6. The summed E-state index contributed by atoms with van der Waals surface area (Å²) in [7, 11) is 0. The minimum absolute atomic E-state index is 0.0712. The lowest BCUT2D eigenvalue weighted by Gasteiger charge is -2.71. The topological polar surface area (TPSA) is 20.2 Å². The number of fused-ring (bicyclic) bond motifs is 6. The summed E-state index contributed by atoms with van der Waals surface area (Å²) in [5, 5.41) is 10.9. The van der Waals surface area contributed by atoms with Crippen molar-refractivity contribution < 1.29 is 5.11 Å². The van der Waals surface area contributed by atoms with Gasteiger partial charge in [-0.2, -0.15) is 0 Å². The molecule has 3 saturated carbocycles. The van der Waals surface area contributed by atoms with Crippen LogP contribution in [0.4, 0.5) is 0 Å². The molecule has 0 spiro atoms. The molecule has 1 heteroatoms. The van der Waals surface area contributed by atoms with Crippen LogP contribution >= 0.6 is 0 Å². The van der Waals surface area contributed by atoms with Gasteiger partial charge in [-0.25, -0.2) is 0 Å². The van der Waals surface area contributed by atoms with Crippen LogP contribution in [0.5, 0.6) is 0 Å². The van der Waals surface area contributed by atoms with Gasteiger partial charge in [0.15, 0.2) is 0 Å². The molecule has 7 atom stereocenters. The molecule has 0 heterocycles. The van der Waals surface area contributed by atoms with E-state index >= 15 is 0 Å². The molecule has 0 amide bonds. The van der Waals surface area contributed by atoms with Crippen LogP contribution in [0.1, 0.15) is 119 Å². The fraction of sp³-hybridized carbons (Fsp3) is 0.931. The van der Waals surface area contributed by atoms with E-state index in [1.54, 1.807) is 0 Å². The monoisotopic (exact) mass is 412 g/mol. The molecule has 0 saturated heterocycles. The SMILES string of the molecule is CC1(C)CCC2=C(C1)C1CC[C@@H]3[C@@]4(C)CC[C@H](O)C(C)(C)[C@@H]4CC[C@@]3(C)[C@]1(C)CC2. The van der Waals surface area contributed by atoms with Crippen molar-refractivity contribution in [3.8, 4) is 0 Å². The van der Waals surface area contributed by atoms with Gasteiger partial charge in [0.05, 0.1) is 6.10 Å². The molecule has 30 heavy (non-hydrogen) atoms. The van der Waals surface area contributed by atoms with Crippen molar-refractivity contribution in [3.63, 3.8) is 0 Å². The summed E-state index contributed by atoms with van der Waals surface area (Å²) < 4.78 is 0. The Morgan fingerprint density at radius 2 is 1.40 bits per heavy atom.